The Hall–Kier alpha value is -1.38. The fraction of sp³-hybridized carbons (Fsp3) is 0.400. The van der Waals surface area contributed by atoms with Crippen molar-refractivity contribution in [3.05, 3.63) is 23.5 Å². The lowest BCUT2D eigenvalue weighted by atomic mass is 9.87. The van der Waals surface area contributed by atoms with Crippen LogP contribution in [0.2, 0.25) is 0 Å². The van der Waals surface area contributed by atoms with E-state index in [0.29, 0.717) is 12.1 Å². The van der Waals surface area contributed by atoms with E-state index < -0.39 is 5.92 Å². The van der Waals surface area contributed by atoms with Gasteiger partial charge in [-0.25, -0.2) is 0 Å². The molecule has 0 radical (unpaired) electrons. The molecule has 1 aliphatic carbocycles. The highest BCUT2D eigenvalue weighted by Crippen LogP contribution is 2.23. The van der Waals surface area contributed by atoms with E-state index in [2.05, 4.69) is 0 Å². The topological polar surface area (TPSA) is 39.1 Å². The Morgan fingerprint density at radius 2 is 2.15 bits per heavy atom. The number of ketones is 2. The van der Waals surface area contributed by atoms with Crippen molar-refractivity contribution in [3.63, 3.8) is 0 Å². The summed E-state index contributed by atoms with van der Waals surface area (Å²) in [6.07, 6.45) is 2.23. The van der Waals surface area contributed by atoms with Crippen LogP contribution in [0.25, 0.3) is 0 Å². The largest absolute Gasteiger partial charge is 0.348 e. The van der Waals surface area contributed by atoms with E-state index in [-0.39, 0.29) is 11.6 Å². The van der Waals surface area contributed by atoms with Crippen LogP contribution in [0, 0.1) is 5.92 Å². The predicted molar refractivity (Wildman–Crippen MR) is 47.6 cm³/mol. The second kappa shape index (κ2) is 2.55. The van der Waals surface area contributed by atoms with Gasteiger partial charge in [-0.05, 0) is 18.6 Å². The molecule has 0 amide bonds. The van der Waals surface area contributed by atoms with Crippen molar-refractivity contribution in [1.82, 2.24) is 4.57 Å². The Morgan fingerprint density at radius 3 is 2.85 bits per heavy atom. The molecule has 1 unspecified atom stereocenters. The van der Waals surface area contributed by atoms with Gasteiger partial charge < -0.3 is 4.57 Å². The highest BCUT2D eigenvalue weighted by molar-refractivity contribution is 6.14. The van der Waals surface area contributed by atoms with Crippen molar-refractivity contribution >= 4 is 11.6 Å². The molecule has 2 rings (SSSR count). The number of Topliss-reactive ketones (excluding diaryl/α,β-unsaturated/α-hetero) is 2. The smallest absolute Gasteiger partial charge is 0.189 e. The van der Waals surface area contributed by atoms with Crippen LogP contribution in [0.5, 0.6) is 0 Å². The monoisotopic (exact) mass is 177 g/mol. The summed E-state index contributed by atoms with van der Waals surface area (Å²) in [4.78, 5) is 23.0. The van der Waals surface area contributed by atoms with Crippen LogP contribution >= 0.6 is 0 Å². The minimum absolute atomic E-state index is 0.0312. The molecule has 0 bridgehead atoms. The van der Waals surface area contributed by atoms with Gasteiger partial charge in [0.1, 0.15) is 5.78 Å². The third-order valence-electron chi connectivity index (χ3n) is 2.63. The number of aromatic nitrogens is 1. The first-order valence-electron chi connectivity index (χ1n) is 4.32. The maximum atomic E-state index is 11.7. The van der Waals surface area contributed by atoms with E-state index in [4.69, 9.17) is 0 Å². The number of hydrogen-bond acceptors (Lipinski definition) is 2. The lowest BCUT2D eigenvalue weighted by molar-refractivity contribution is -0.120. The molecule has 68 valence electrons. The van der Waals surface area contributed by atoms with E-state index in [1.165, 1.54) is 0 Å². The lowest BCUT2D eigenvalue weighted by Gasteiger charge is -2.17. The van der Waals surface area contributed by atoms with E-state index in [1.807, 2.05) is 19.3 Å². The van der Waals surface area contributed by atoms with Crippen LogP contribution < -0.4 is 0 Å². The van der Waals surface area contributed by atoms with Gasteiger partial charge in [0.25, 0.3) is 0 Å². The Balaban J connectivity index is 2.58. The minimum Gasteiger partial charge on any atom is -0.348 e. The van der Waals surface area contributed by atoms with Gasteiger partial charge in [-0.1, -0.05) is 0 Å². The molecule has 3 heteroatoms. The molecule has 0 aromatic carbocycles. The highest BCUT2D eigenvalue weighted by Gasteiger charge is 2.32. The van der Waals surface area contributed by atoms with Gasteiger partial charge in [0.2, 0.25) is 0 Å². The average Bonchev–Trinajstić information content (AvgIpc) is 2.43. The summed E-state index contributed by atoms with van der Waals surface area (Å²) < 4.78 is 1.79. The third-order valence-corrected chi connectivity index (χ3v) is 2.63. The Morgan fingerprint density at radius 1 is 1.46 bits per heavy atom. The quantitative estimate of drug-likeness (QED) is 0.554. The van der Waals surface area contributed by atoms with E-state index in [9.17, 15) is 9.59 Å². The third kappa shape index (κ3) is 1.03. The molecule has 3 nitrogen and oxygen atoms in total. The molecule has 13 heavy (non-hydrogen) atoms. The Bertz CT molecular complexity index is 390. The first-order chi connectivity index (χ1) is 6.11. The van der Waals surface area contributed by atoms with Gasteiger partial charge in [0, 0.05) is 19.7 Å². The standard InChI is InChI=1S/C10H11NO2/c1-6-8(12)5-7-3-4-11(2)9(7)10(6)13/h3-4,6H,5H2,1-2H3. The summed E-state index contributed by atoms with van der Waals surface area (Å²) in [5.41, 5.74) is 1.57. The van der Waals surface area contributed by atoms with Gasteiger partial charge in [-0.2, -0.15) is 0 Å². The second-order valence-corrected chi connectivity index (χ2v) is 3.53. The number of hydrogen-bond donors (Lipinski definition) is 0. The number of aryl methyl sites for hydroxylation is 1. The van der Waals surface area contributed by atoms with Crippen molar-refractivity contribution in [2.45, 2.75) is 13.3 Å². The highest BCUT2D eigenvalue weighted by atomic mass is 16.2. The maximum Gasteiger partial charge on any atom is 0.189 e. The van der Waals surface area contributed by atoms with Crippen LogP contribution in [-0.2, 0) is 18.3 Å². The molecule has 1 heterocycles. The molecule has 1 aromatic rings. The summed E-state index contributed by atoms with van der Waals surface area (Å²) in [6.45, 7) is 1.68. The summed E-state index contributed by atoms with van der Waals surface area (Å²) >= 11 is 0. The molecule has 1 aliphatic rings. The van der Waals surface area contributed by atoms with Crippen LogP contribution in [-0.4, -0.2) is 16.1 Å². The number of fused-ring (bicyclic) bond motifs is 1. The van der Waals surface area contributed by atoms with E-state index >= 15 is 0 Å². The fourth-order valence-electron chi connectivity index (χ4n) is 1.75. The predicted octanol–water partition coefficient (Wildman–Crippen LogP) is 0.969. The average molecular weight is 177 g/mol. The first-order valence-corrected chi connectivity index (χ1v) is 4.32. The Labute approximate surface area is 76.4 Å². The molecule has 0 aliphatic heterocycles. The summed E-state index contributed by atoms with van der Waals surface area (Å²) in [5.74, 6) is -0.469. The van der Waals surface area contributed by atoms with Crippen molar-refractivity contribution in [2.24, 2.45) is 13.0 Å². The normalized spacial score (nSPS) is 21.8. The SMILES string of the molecule is CC1C(=O)Cc2ccn(C)c2C1=O. The lowest BCUT2D eigenvalue weighted by Crippen LogP contribution is -2.30. The number of carbonyl (C=O) groups excluding carboxylic acids is 2. The van der Waals surface area contributed by atoms with Crippen molar-refractivity contribution in [2.75, 3.05) is 0 Å². The molecular formula is C10H11NO2. The molecule has 0 saturated carbocycles. The van der Waals surface area contributed by atoms with Crippen LogP contribution in [0.4, 0.5) is 0 Å². The fourth-order valence-corrected chi connectivity index (χ4v) is 1.75. The van der Waals surface area contributed by atoms with Gasteiger partial charge in [-0.15, -0.1) is 0 Å². The first kappa shape index (κ1) is 8.23. The molecule has 0 fully saturated rings. The van der Waals surface area contributed by atoms with E-state index in [0.717, 1.165) is 5.56 Å². The minimum atomic E-state index is -0.457. The zero-order valence-corrected chi connectivity index (χ0v) is 7.70. The molecule has 0 spiro atoms. The zero-order valence-electron chi connectivity index (χ0n) is 7.70. The number of nitrogens with zero attached hydrogens (tertiary/aromatic N) is 1. The van der Waals surface area contributed by atoms with Gasteiger partial charge in [-0.3, -0.25) is 9.59 Å². The number of rotatable bonds is 0. The molecule has 0 saturated heterocycles. The number of carbonyl (C=O) groups is 2. The summed E-state index contributed by atoms with van der Waals surface area (Å²) in [7, 11) is 1.83. The summed E-state index contributed by atoms with van der Waals surface area (Å²) in [6, 6.07) is 1.84. The van der Waals surface area contributed by atoms with Gasteiger partial charge in [0.15, 0.2) is 5.78 Å². The van der Waals surface area contributed by atoms with Gasteiger partial charge >= 0.3 is 0 Å². The molecular weight excluding hydrogens is 166 g/mol. The van der Waals surface area contributed by atoms with Crippen molar-refractivity contribution < 1.29 is 9.59 Å². The van der Waals surface area contributed by atoms with Crippen molar-refractivity contribution in [1.29, 1.82) is 0 Å². The van der Waals surface area contributed by atoms with Crippen molar-refractivity contribution in [3.8, 4) is 0 Å². The molecule has 1 atom stereocenters. The van der Waals surface area contributed by atoms with Crippen LogP contribution in [0.1, 0.15) is 23.0 Å². The van der Waals surface area contributed by atoms with E-state index in [1.54, 1.807) is 11.5 Å². The van der Waals surface area contributed by atoms with Crippen LogP contribution in [0.3, 0.4) is 0 Å². The summed E-state index contributed by atoms with van der Waals surface area (Å²) in [5, 5.41) is 0. The van der Waals surface area contributed by atoms with Gasteiger partial charge in [0.05, 0.1) is 11.6 Å². The Kier molecular flexibility index (Phi) is 1.62. The molecule has 1 aromatic heterocycles. The zero-order chi connectivity index (χ0) is 9.59. The maximum absolute atomic E-state index is 11.7. The van der Waals surface area contributed by atoms with Crippen LogP contribution in [0.15, 0.2) is 12.3 Å². The second-order valence-electron chi connectivity index (χ2n) is 3.53. The molecule has 0 N–H and O–H groups in total.